The van der Waals surface area contributed by atoms with Gasteiger partial charge in [0, 0.05) is 36.8 Å². The first-order chi connectivity index (χ1) is 25.9. The highest BCUT2D eigenvalue weighted by Gasteiger charge is 2.73. The molecule has 0 aliphatic heterocycles. The van der Waals surface area contributed by atoms with Crippen molar-refractivity contribution in [2.24, 2.45) is 5.41 Å². The van der Waals surface area contributed by atoms with Gasteiger partial charge in [-0.15, -0.1) is 0 Å². The van der Waals surface area contributed by atoms with E-state index in [4.69, 9.17) is 18.9 Å². The third-order valence-electron chi connectivity index (χ3n) is 9.40. The maximum Gasteiger partial charge on any atom is 0.459 e. The molecule has 328 valence electrons. The third kappa shape index (κ3) is 13.9. The largest absolute Gasteiger partial charge is 0.494 e. The van der Waals surface area contributed by atoms with Gasteiger partial charge in [0.2, 0.25) is 5.91 Å². The molecule has 7 nitrogen and oxygen atoms in total. The number of ether oxygens (including phenoxy) is 4. The Labute approximate surface area is 319 Å². The van der Waals surface area contributed by atoms with Gasteiger partial charge in [0.25, 0.3) is 0 Å². The number of hydrogen-bond donors (Lipinski definition) is 1. The van der Waals surface area contributed by atoms with Crippen LogP contribution < -0.4 is 10.1 Å². The van der Waals surface area contributed by atoms with Gasteiger partial charge in [-0.3, -0.25) is 4.79 Å². The lowest BCUT2D eigenvalue weighted by Crippen LogP contribution is -2.53. The highest BCUT2D eigenvalue weighted by atomic mass is 19.4. The van der Waals surface area contributed by atoms with Crippen LogP contribution in [0.1, 0.15) is 91.0 Å². The Bertz CT molecular complexity index is 1430. The maximum absolute atomic E-state index is 13.8. The van der Waals surface area contributed by atoms with E-state index >= 15 is 0 Å². The van der Waals surface area contributed by atoms with E-state index in [0.29, 0.717) is 37.7 Å². The molecule has 0 aromatic heterocycles. The lowest BCUT2D eigenvalue weighted by molar-refractivity contribution is -0.361. The molecule has 1 amide bonds. The maximum atomic E-state index is 13.8. The summed E-state index contributed by atoms with van der Waals surface area (Å²) >= 11 is 0. The Morgan fingerprint density at radius 3 is 1.61 bits per heavy atom. The van der Waals surface area contributed by atoms with Crippen LogP contribution in [0.15, 0.2) is 30.3 Å². The summed E-state index contributed by atoms with van der Waals surface area (Å²) in [4.78, 5) is 24.8. The zero-order valence-electron chi connectivity index (χ0n) is 31.3. The van der Waals surface area contributed by atoms with Gasteiger partial charge in [-0.25, -0.2) is 4.79 Å². The van der Waals surface area contributed by atoms with Crippen LogP contribution in [0, 0.1) is 5.41 Å². The lowest BCUT2D eigenvalue weighted by Gasteiger charge is -2.34. The number of halogens is 14. The second kappa shape index (κ2) is 19.1. The first kappa shape index (κ1) is 49.8. The standard InChI is InChI=1S/C36H45F14NO6/c1-5-29(2,3)28(53)51-24-10-14-26(15-11-24)57-27(52)16-9-23-7-12-25(13-8-23)54-20-6-17-30(4,55-21-18-31(37,38)33(41,42)35(45,46)47)56-22-19-32(39,40)34(43,44)36(48,49)50/h7-9,12-13,16,24,26H,5-6,10-11,14-15,17-22H2,1-4H3,(H,51,53)/b16-9+/t24-,26-. The minimum atomic E-state index is -6.67. The monoisotopic (exact) mass is 853 g/mol. The molecule has 21 heteroatoms. The zero-order valence-corrected chi connectivity index (χ0v) is 31.3. The van der Waals surface area contributed by atoms with Crippen molar-refractivity contribution in [2.45, 2.75) is 139 Å². The Kier molecular flexibility index (Phi) is 16.7. The van der Waals surface area contributed by atoms with E-state index in [2.05, 4.69) is 5.32 Å². The molecule has 1 N–H and O–H groups in total. The number of nitrogens with one attached hydrogen (secondary N) is 1. The molecule has 0 bridgehead atoms. The highest BCUT2D eigenvalue weighted by Crippen LogP contribution is 2.49. The minimum Gasteiger partial charge on any atom is -0.494 e. The Morgan fingerprint density at radius 2 is 1.18 bits per heavy atom. The van der Waals surface area contributed by atoms with Crippen LogP contribution in [0.4, 0.5) is 61.5 Å². The van der Waals surface area contributed by atoms with Crippen molar-refractivity contribution in [1.82, 2.24) is 5.32 Å². The Balaban J connectivity index is 1.94. The molecule has 1 fully saturated rings. The molecule has 0 unspecified atom stereocenters. The first-order valence-corrected chi connectivity index (χ1v) is 17.7. The molecule has 0 heterocycles. The van der Waals surface area contributed by atoms with E-state index < -0.39 is 85.7 Å². The minimum absolute atomic E-state index is 0.0155. The number of esters is 1. The zero-order chi connectivity index (χ0) is 43.7. The Morgan fingerprint density at radius 1 is 0.702 bits per heavy atom. The van der Waals surface area contributed by atoms with Crippen LogP contribution in [-0.2, 0) is 23.8 Å². The van der Waals surface area contributed by atoms with Crippen molar-refractivity contribution in [3.05, 3.63) is 35.9 Å². The summed E-state index contributed by atoms with van der Waals surface area (Å²) in [6.45, 7) is 2.90. The highest BCUT2D eigenvalue weighted by molar-refractivity contribution is 5.87. The smallest absolute Gasteiger partial charge is 0.459 e. The van der Waals surface area contributed by atoms with Crippen LogP contribution >= 0.6 is 0 Å². The fourth-order valence-corrected chi connectivity index (χ4v) is 5.20. The van der Waals surface area contributed by atoms with Gasteiger partial charge in [-0.05, 0) is 69.2 Å². The van der Waals surface area contributed by atoms with Gasteiger partial charge in [-0.1, -0.05) is 32.9 Å². The van der Waals surface area contributed by atoms with Gasteiger partial charge in [-0.2, -0.15) is 61.5 Å². The molecule has 0 radical (unpaired) electrons. The second-order valence-electron chi connectivity index (χ2n) is 14.4. The van der Waals surface area contributed by atoms with Crippen LogP contribution in [-0.4, -0.2) is 85.7 Å². The van der Waals surface area contributed by atoms with Crippen LogP contribution in [0.2, 0.25) is 0 Å². The van der Waals surface area contributed by atoms with Crippen LogP contribution in [0.5, 0.6) is 5.75 Å². The fourth-order valence-electron chi connectivity index (χ4n) is 5.20. The van der Waals surface area contributed by atoms with Gasteiger partial charge in [0.05, 0.1) is 19.8 Å². The second-order valence-corrected chi connectivity index (χ2v) is 14.4. The Hall–Kier alpha value is -3.36. The molecule has 0 saturated heterocycles. The molecule has 0 spiro atoms. The quantitative estimate of drug-likeness (QED) is 0.0436. The number of carbonyl (C=O) groups excluding carboxylic acids is 2. The topological polar surface area (TPSA) is 83.1 Å². The molecular weight excluding hydrogens is 808 g/mol. The van der Waals surface area contributed by atoms with Crippen LogP contribution in [0.3, 0.4) is 0 Å². The number of carbonyl (C=O) groups is 2. The molecule has 1 aromatic rings. The summed E-state index contributed by atoms with van der Waals surface area (Å²) in [6.07, 6.45) is -13.3. The lowest BCUT2D eigenvalue weighted by atomic mass is 9.87. The number of benzene rings is 1. The normalized spacial score (nSPS) is 18.1. The fraction of sp³-hybridized carbons (Fsp3) is 0.722. The molecule has 1 saturated carbocycles. The van der Waals surface area contributed by atoms with Crippen molar-refractivity contribution in [1.29, 1.82) is 0 Å². The van der Waals surface area contributed by atoms with E-state index in [1.807, 2.05) is 20.8 Å². The molecule has 0 atom stereocenters. The number of alkyl halides is 14. The van der Waals surface area contributed by atoms with E-state index in [9.17, 15) is 71.1 Å². The van der Waals surface area contributed by atoms with Gasteiger partial charge in [0.15, 0.2) is 5.79 Å². The number of hydrogen-bond acceptors (Lipinski definition) is 6. The molecule has 2 rings (SSSR count). The van der Waals surface area contributed by atoms with E-state index in [-0.39, 0.29) is 36.8 Å². The summed E-state index contributed by atoms with van der Waals surface area (Å²) in [7, 11) is 0. The third-order valence-corrected chi connectivity index (χ3v) is 9.40. The van der Waals surface area contributed by atoms with E-state index in [1.54, 1.807) is 0 Å². The van der Waals surface area contributed by atoms with Gasteiger partial charge < -0.3 is 24.3 Å². The number of rotatable bonds is 21. The molecule has 57 heavy (non-hydrogen) atoms. The number of amides is 1. The van der Waals surface area contributed by atoms with Crippen LogP contribution in [0.25, 0.3) is 6.08 Å². The van der Waals surface area contributed by atoms with Crippen molar-refractivity contribution >= 4 is 18.0 Å². The summed E-state index contributed by atoms with van der Waals surface area (Å²) < 4.78 is 204. The average molecular weight is 854 g/mol. The predicted molar refractivity (Wildman–Crippen MR) is 176 cm³/mol. The van der Waals surface area contributed by atoms with Crippen molar-refractivity contribution in [3.8, 4) is 5.75 Å². The SMILES string of the molecule is CCC(C)(C)C(=O)N[C@H]1CC[C@H](OC(=O)/C=C/c2ccc(OCCCC(C)(OCCC(F)(F)C(F)(F)C(F)(F)F)OCCC(F)(F)C(F)(F)C(F)(F)F)cc2)CC1. The summed E-state index contributed by atoms with van der Waals surface area (Å²) in [5.41, 5.74) is 0.0372. The molecule has 1 aliphatic carbocycles. The van der Waals surface area contributed by atoms with Gasteiger partial charge in [0.1, 0.15) is 11.9 Å². The molecule has 1 aromatic carbocycles. The van der Waals surface area contributed by atoms with Gasteiger partial charge >= 0.3 is 42.0 Å². The summed E-state index contributed by atoms with van der Waals surface area (Å²) in [6, 6.07) is 5.92. The van der Waals surface area contributed by atoms with Crippen molar-refractivity contribution < 1.29 is 90.0 Å². The molecule has 1 aliphatic rings. The van der Waals surface area contributed by atoms with E-state index in [0.717, 1.165) is 6.92 Å². The predicted octanol–water partition coefficient (Wildman–Crippen LogP) is 10.5. The first-order valence-electron chi connectivity index (χ1n) is 17.7. The van der Waals surface area contributed by atoms with Crippen molar-refractivity contribution in [2.75, 3.05) is 19.8 Å². The summed E-state index contributed by atoms with van der Waals surface area (Å²) in [5.74, 6) is -27.4. The average Bonchev–Trinajstić information content (AvgIpc) is 3.09. The molecular formula is C36H45F14NO6. The summed E-state index contributed by atoms with van der Waals surface area (Å²) in [5, 5.41) is 3.04. The van der Waals surface area contributed by atoms with Crippen molar-refractivity contribution in [3.63, 3.8) is 0 Å². The van der Waals surface area contributed by atoms with E-state index in [1.165, 1.54) is 36.4 Å².